The van der Waals surface area contributed by atoms with E-state index in [-0.39, 0.29) is 18.4 Å². The van der Waals surface area contributed by atoms with E-state index in [1.807, 2.05) is 36.4 Å². The number of halogens is 1. The number of aromatic nitrogens is 2. The average Bonchev–Trinajstić information content (AvgIpc) is 3.09. The summed E-state index contributed by atoms with van der Waals surface area (Å²) in [5, 5.41) is 5.59. The Kier molecular flexibility index (Phi) is 5.52. The number of amides is 2. The molecule has 1 heterocycles. The fourth-order valence-electron chi connectivity index (χ4n) is 2.03. The van der Waals surface area contributed by atoms with Crippen LogP contribution in [0.2, 0.25) is 0 Å². The minimum atomic E-state index is -0.362. The molecule has 2 N–H and O–H groups in total. The molecule has 0 aliphatic heterocycles. The van der Waals surface area contributed by atoms with Gasteiger partial charge in [-0.2, -0.15) is 9.36 Å². The minimum absolute atomic E-state index is 0.147. The van der Waals surface area contributed by atoms with E-state index in [0.29, 0.717) is 16.5 Å². The molecule has 1 aromatic heterocycles. The highest BCUT2D eigenvalue weighted by Crippen LogP contribution is 2.20. The van der Waals surface area contributed by atoms with Crippen molar-refractivity contribution in [2.45, 2.75) is 0 Å². The van der Waals surface area contributed by atoms with Gasteiger partial charge in [0.2, 0.25) is 11.0 Å². The summed E-state index contributed by atoms with van der Waals surface area (Å²) in [4.78, 5) is 28.2. The van der Waals surface area contributed by atoms with Crippen LogP contribution in [0.4, 0.5) is 5.13 Å². The summed E-state index contributed by atoms with van der Waals surface area (Å²) in [6.07, 6.45) is 0. The average molecular weight is 417 g/mol. The third kappa shape index (κ3) is 4.71. The predicted molar refractivity (Wildman–Crippen MR) is 100 cm³/mol. The van der Waals surface area contributed by atoms with Crippen LogP contribution in [0.3, 0.4) is 0 Å². The normalized spacial score (nSPS) is 10.3. The Morgan fingerprint density at radius 3 is 2.64 bits per heavy atom. The number of nitrogens with one attached hydrogen (secondary N) is 2. The monoisotopic (exact) mass is 416 g/mol. The van der Waals surface area contributed by atoms with Crippen molar-refractivity contribution < 1.29 is 9.59 Å². The highest BCUT2D eigenvalue weighted by molar-refractivity contribution is 9.10. The zero-order chi connectivity index (χ0) is 17.6. The molecule has 0 aliphatic carbocycles. The molecule has 0 aliphatic rings. The van der Waals surface area contributed by atoms with Crippen LogP contribution in [0, 0.1) is 0 Å². The van der Waals surface area contributed by atoms with Crippen LogP contribution in [-0.2, 0) is 4.79 Å². The summed E-state index contributed by atoms with van der Waals surface area (Å²) in [5.41, 5.74) is 1.35. The van der Waals surface area contributed by atoms with Gasteiger partial charge in [0.05, 0.1) is 6.54 Å². The van der Waals surface area contributed by atoms with Crippen molar-refractivity contribution in [2.75, 3.05) is 11.9 Å². The van der Waals surface area contributed by atoms with Crippen molar-refractivity contribution in [3.63, 3.8) is 0 Å². The molecule has 0 saturated heterocycles. The molecule has 0 atom stereocenters. The van der Waals surface area contributed by atoms with E-state index < -0.39 is 0 Å². The van der Waals surface area contributed by atoms with E-state index in [0.717, 1.165) is 21.6 Å². The van der Waals surface area contributed by atoms with Gasteiger partial charge in [-0.05, 0) is 18.2 Å². The maximum Gasteiger partial charge on any atom is 0.251 e. The molecule has 0 spiro atoms. The molecular weight excluding hydrogens is 404 g/mol. The molecule has 0 radical (unpaired) electrons. The topological polar surface area (TPSA) is 84.0 Å². The predicted octanol–water partition coefficient (Wildman–Crippen LogP) is 3.34. The fourth-order valence-corrected chi connectivity index (χ4v) is 3.04. The number of anilines is 1. The standard InChI is InChI=1S/C17H13BrN4O2S/c18-13-8-4-7-12(9-13)16(24)19-10-14(23)20-17-21-15(22-25-17)11-5-2-1-3-6-11/h1-9H,10H2,(H,19,24)(H,20,21,22,23). The van der Waals surface area contributed by atoms with Gasteiger partial charge >= 0.3 is 0 Å². The van der Waals surface area contributed by atoms with Gasteiger partial charge in [0.15, 0.2) is 5.82 Å². The van der Waals surface area contributed by atoms with Crippen molar-refractivity contribution in [3.8, 4) is 11.4 Å². The van der Waals surface area contributed by atoms with Crippen molar-refractivity contribution in [2.24, 2.45) is 0 Å². The van der Waals surface area contributed by atoms with E-state index in [1.54, 1.807) is 18.2 Å². The number of nitrogens with zero attached hydrogens (tertiary/aromatic N) is 2. The van der Waals surface area contributed by atoms with Crippen LogP contribution in [-0.4, -0.2) is 27.7 Å². The lowest BCUT2D eigenvalue weighted by Crippen LogP contribution is -2.32. The van der Waals surface area contributed by atoms with Crippen LogP contribution < -0.4 is 10.6 Å². The smallest absolute Gasteiger partial charge is 0.251 e. The Balaban J connectivity index is 1.55. The minimum Gasteiger partial charge on any atom is -0.343 e. The van der Waals surface area contributed by atoms with Gasteiger partial charge < -0.3 is 5.32 Å². The number of hydrogen-bond donors (Lipinski definition) is 2. The van der Waals surface area contributed by atoms with Gasteiger partial charge in [-0.15, -0.1) is 0 Å². The molecule has 0 fully saturated rings. The van der Waals surface area contributed by atoms with Crippen LogP contribution in [0.25, 0.3) is 11.4 Å². The molecule has 0 saturated carbocycles. The van der Waals surface area contributed by atoms with Crippen molar-refractivity contribution in [1.29, 1.82) is 0 Å². The Morgan fingerprint density at radius 1 is 1.08 bits per heavy atom. The second-order valence-electron chi connectivity index (χ2n) is 5.03. The van der Waals surface area contributed by atoms with E-state index in [1.165, 1.54) is 0 Å². The summed E-state index contributed by atoms with van der Waals surface area (Å²) < 4.78 is 5.01. The molecule has 0 unspecified atom stereocenters. The Hall–Kier alpha value is -2.58. The largest absolute Gasteiger partial charge is 0.343 e. The van der Waals surface area contributed by atoms with E-state index in [2.05, 4.69) is 35.9 Å². The second-order valence-corrected chi connectivity index (χ2v) is 6.70. The molecule has 126 valence electrons. The number of carbonyl (C=O) groups is 2. The van der Waals surface area contributed by atoms with Gasteiger partial charge in [0.1, 0.15) is 0 Å². The van der Waals surface area contributed by atoms with Crippen molar-refractivity contribution in [1.82, 2.24) is 14.7 Å². The zero-order valence-corrected chi connectivity index (χ0v) is 15.3. The zero-order valence-electron chi connectivity index (χ0n) is 12.9. The molecule has 3 aromatic rings. The van der Waals surface area contributed by atoms with E-state index in [4.69, 9.17) is 0 Å². The molecule has 25 heavy (non-hydrogen) atoms. The quantitative estimate of drug-likeness (QED) is 0.667. The third-order valence-corrected chi connectivity index (χ3v) is 4.32. The first-order valence-corrected chi connectivity index (χ1v) is 8.91. The lowest BCUT2D eigenvalue weighted by molar-refractivity contribution is -0.115. The van der Waals surface area contributed by atoms with Crippen LogP contribution in [0.15, 0.2) is 59.1 Å². The number of rotatable bonds is 5. The maximum absolute atomic E-state index is 12.0. The van der Waals surface area contributed by atoms with E-state index >= 15 is 0 Å². The van der Waals surface area contributed by atoms with Gasteiger partial charge in [0, 0.05) is 27.1 Å². The molecule has 6 nitrogen and oxygen atoms in total. The highest BCUT2D eigenvalue weighted by atomic mass is 79.9. The Bertz CT molecular complexity index is 898. The molecule has 2 aromatic carbocycles. The molecule has 8 heteroatoms. The van der Waals surface area contributed by atoms with Crippen molar-refractivity contribution in [3.05, 3.63) is 64.6 Å². The van der Waals surface area contributed by atoms with Crippen LogP contribution >= 0.6 is 27.5 Å². The van der Waals surface area contributed by atoms with Crippen molar-refractivity contribution >= 4 is 44.4 Å². The van der Waals surface area contributed by atoms with Gasteiger partial charge in [-0.25, -0.2) is 0 Å². The molecular formula is C17H13BrN4O2S. The van der Waals surface area contributed by atoms with E-state index in [9.17, 15) is 9.59 Å². The number of benzene rings is 2. The summed E-state index contributed by atoms with van der Waals surface area (Å²) >= 11 is 4.40. The fraction of sp³-hybridized carbons (Fsp3) is 0.0588. The molecule has 0 bridgehead atoms. The van der Waals surface area contributed by atoms with Gasteiger partial charge in [-0.1, -0.05) is 52.3 Å². The third-order valence-electron chi connectivity index (χ3n) is 3.20. The number of carbonyl (C=O) groups excluding carboxylic acids is 2. The Labute approximate surface area is 156 Å². The molecule has 3 rings (SSSR count). The summed E-state index contributed by atoms with van der Waals surface area (Å²) in [6, 6.07) is 16.4. The maximum atomic E-state index is 12.0. The van der Waals surface area contributed by atoms with Gasteiger partial charge in [0.25, 0.3) is 5.91 Å². The first-order chi connectivity index (χ1) is 12.1. The van der Waals surface area contributed by atoms with Crippen LogP contribution in [0.1, 0.15) is 10.4 Å². The lowest BCUT2D eigenvalue weighted by atomic mass is 10.2. The summed E-state index contributed by atoms with van der Waals surface area (Å²) in [6.45, 7) is -0.147. The molecule has 2 amide bonds. The summed E-state index contributed by atoms with van der Waals surface area (Å²) in [7, 11) is 0. The first kappa shape index (κ1) is 17.2. The second kappa shape index (κ2) is 8.00. The summed E-state index contributed by atoms with van der Waals surface area (Å²) in [5.74, 6) is -0.128. The highest BCUT2D eigenvalue weighted by Gasteiger charge is 2.11. The SMILES string of the molecule is O=C(CNC(=O)c1cccc(Br)c1)Nc1nc(-c2ccccc2)ns1. The number of hydrogen-bond acceptors (Lipinski definition) is 5. The lowest BCUT2D eigenvalue weighted by Gasteiger charge is -2.05. The first-order valence-electron chi connectivity index (χ1n) is 7.34. The van der Waals surface area contributed by atoms with Gasteiger partial charge in [-0.3, -0.25) is 14.9 Å². The Morgan fingerprint density at radius 2 is 1.88 bits per heavy atom. The van der Waals surface area contributed by atoms with Crippen LogP contribution in [0.5, 0.6) is 0 Å².